The van der Waals surface area contributed by atoms with Gasteiger partial charge in [-0.1, -0.05) is 24.3 Å². The fourth-order valence-corrected chi connectivity index (χ4v) is 3.57. The summed E-state index contributed by atoms with van der Waals surface area (Å²) in [5.74, 6) is -1.26. The summed E-state index contributed by atoms with van der Waals surface area (Å²) in [6, 6.07) is 17.2. The molecule has 0 fully saturated rings. The number of pyridine rings is 1. The highest BCUT2D eigenvalue weighted by Crippen LogP contribution is 2.18. The van der Waals surface area contributed by atoms with E-state index < -0.39 is 21.8 Å². The van der Waals surface area contributed by atoms with E-state index in [4.69, 9.17) is 0 Å². The largest absolute Gasteiger partial charge is 0.288 e. The standard InChI is InChI=1S/C20H18N4O4S/c1-14-6-4-8-16(12-14)24-29(27,28)17-9-5-7-15(13-17)19(25)22-23-20(26)18-10-2-3-11-21-18/h2-13,24H,1H3,(H,22,25)(H,23,26). The first kappa shape index (κ1) is 20.0. The Morgan fingerprint density at radius 2 is 1.62 bits per heavy atom. The number of anilines is 1. The molecule has 0 saturated carbocycles. The molecule has 0 radical (unpaired) electrons. The number of benzene rings is 2. The van der Waals surface area contributed by atoms with Crippen molar-refractivity contribution in [2.75, 3.05) is 4.72 Å². The number of carbonyl (C=O) groups is 2. The van der Waals surface area contributed by atoms with Gasteiger partial charge in [0.1, 0.15) is 5.69 Å². The van der Waals surface area contributed by atoms with E-state index in [-0.39, 0.29) is 16.2 Å². The highest BCUT2D eigenvalue weighted by Gasteiger charge is 2.17. The molecule has 0 aliphatic carbocycles. The molecule has 1 aromatic heterocycles. The van der Waals surface area contributed by atoms with Crippen molar-refractivity contribution in [2.24, 2.45) is 0 Å². The smallest absolute Gasteiger partial charge is 0.280 e. The molecule has 3 N–H and O–H groups in total. The average Bonchev–Trinajstić information content (AvgIpc) is 2.72. The van der Waals surface area contributed by atoms with Crippen LogP contribution in [0, 0.1) is 6.92 Å². The lowest BCUT2D eigenvalue weighted by Gasteiger charge is -2.11. The number of sulfonamides is 1. The molecular formula is C20H18N4O4S. The van der Waals surface area contributed by atoms with Gasteiger partial charge < -0.3 is 0 Å². The van der Waals surface area contributed by atoms with Gasteiger partial charge in [-0.3, -0.25) is 30.1 Å². The summed E-state index contributed by atoms with van der Waals surface area (Å²) in [4.78, 5) is 28.0. The molecule has 2 amide bonds. The summed E-state index contributed by atoms with van der Waals surface area (Å²) in [5, 5.41) is 0. The number of hydrazine groups is 1. The summed E-state index contributed by atoms with van der Waals surface area (Å²) in [7, 11) is -3.89. The number of carbonyl (C=O) groups excluding carboxylic acids is 2. The molecule has 0 atom stereocenters. The molecule has 1 heterocycles. The summed E-state index contributed by atoms with van der Waals surface area (Å²) in [6.45, 7) is 1.85. The van der Waals surface area contributed by atoms with Crippen LogP contribution in [0.4, 0.5) is 5.69 Å². The van der Waals surface area contributed by atoms with Gasteiger partial charge in [0.05, 0.1) is 4.90 Å². The molecule has 0 unspecified atom stereocenters. The zero-order valence-corrected chi connectivity index (χ0v) is 16.2. The first-order valence-electron chi connectivity index (χ1n) is 8.56. The summed E-state index contributed by atoms with van der Waals surface area (Å²) in [5.41, 5.74) is 6.00. The maximum absolute atomic E-state index is 12.6. The molecule has 3 aromatic rings. The molecule has 29 heavy (non-hydrogen) atoms. The normalized spacial score (nSPS) is 10.8. The predicted molar refractivity (Wildman–Crippen MR) is 108 cm³/mol. The topological polar surface area (TPSA) is 117 Å². The Labute approximate surface area is 168 Å². The van der Waals surface area contributed by atoms with Gasteiger partial charge in [-0.05, 0) is 55.0 Å². The van der Waals surface area contributed by atoms with Crippen molar-refractivity contribution in [3.63, 3.8) is 0 Å². The first-order chi connectivity index (χ1) is 13.8. The van der Waals surface area contributed by atoms with Crippen molar-refractivity contribution in [1.82, 2.24) is 15.8 Å². The Bertz CT molecular complexity index is 1150. The SMILES string of the molecule is Cc1cccc(NS(=O)(=O)c2cccc(C(=O)NNC(=O)c3ccccn3)c2)c1. The van der Waals surface area contributed by atoms with Gasteiger partial charge in [0.2, 0.25) is 0 Å². The van der Waals surface area contributed by atoms with Crippen LogP contribution in [0.3, 0.4) is 0 Å². The Morgan fingerprint density at radius 1 is 0.862 bits per heavy atom. The molecule has 0 saturated heterocycles. The number of aromatic nitrogens is 1. The quantitative estimate of drug-likeness (QED) is 0.558. The average molecular weight is 410 g/mol. The van der Waals surface area contributed by atoms with Crippen molar-refractivity contribution < 1.29 is 18.0 Å². The first-order valence-corrected chi connectivity index (χ1v) is 10.0. The van der Waals surface area contributed by atoms with E-state index in [1.54, 1.807) is 30.3 Å². The number of hydrogen-bond acceptors (Lipinski definition) is 5. The fraction of sp³-hybridized carbons (Fsp3) is 0.0500. The van der Waals surface area contributed by atoms with E-state index >= 15 is 0 Å². The second kappa shape index (κ2) is 8.53. The second-order valence-electron chi connectivity index (χ2n) is 6.13. The highest BCUT2D eigenvalue weighted by atomic mass is 32.2. The van der Waals surface area contributed by atoms with Crippen LogP contribution in [0.15, 0.2) is 77.8 Å². The Kier molecular flexibility index (Phi) is 5.89. The van der Waals surface area contributed by atoms with Crippen LogP contribution in [-0.4, -0.2) is 25.2 Å². The predicted octanol–water partition coefficient (Wildman–Crippen LogP) is 2.27. The maximum Gasteiger partial charge on any atom is 0.288 e. The molecule has 148 valence electrons. The molecule has 8 nitrogen and oxygen atoms in total. The lowest BCUT2D eigenvalue weighted by Crippen LogP contribution is -2.42. The number of nitrogens with zero attached hydrogens (tertiary/aromatic N) is 1. The fourth-order valence-electron chi connectivity index (χ4n) is 2.47. The van der Waals surface area contributed by atoms with Gasteiger partial charge >= 0.3 is 0 Å². The third kappa shape index (κ3) is 5.17. The molecule has 0 aliphatic rings. The van der Waals surface area contributed by atoms with E-state index in [1.165, 1.54) is 36.5 Å². The lowest BCUT2D eigenvalue weighted by molar-refractivity contribution is 0.0844. The maximum atomic E-state index is 12.6. The third-order valence-electron chi connectivity index (χ3n) is 3.86. The minimum absolute atomic E-state index is 0.0680. The molecule has 0 aliphatic heterocycles. The van der Waals surface area contributed by atoms with E-state index in [0.717, 1.165) is 5.56 Å². The number of amides is 2. The highest BCUT2D eigenvalue weighted by molar-refractivity contribution is 7.92. The minimum Gasteiger partial charge on any atom is -0.280 e. The van der Waals surface area contributed by atoms with Crippen molar-refractivity contribution in [1.29, 1.82) is 0 Å². The van der Waals surface area contributed by atoms with E-state index in [9.17, 15) is 18.0 Å². The minimum atomic E-state index is -3.89. The van der Waals surface area contributed by atoms with E-state index in [1.807, 2.05) is 13.0 Å². The van der Waals surface area contributed by atoms with Crippen molar-refractivity contribution >= 4 is 27.5 Å². The van der Waals surface area contributed by atoms with Gasteiger partial charge in [0.15, 0.2) is 0 Å². The van der Waals surface area contributed by atoms with Gasteiger partial charge in [-0.15, -0.1) is 0 Å². The van der Waals surface area contributed by atoms with Crippen LogP contribution in [0.5, 0.6) is 0 Å². The van der Waals surface area contributed by atoms with Crippen LogP contribution in [-0.2, 0) is 10.0 Å². The monoisotopic (exact) mass is 410 g/mol. The molecule has 2 aromatic carbocycles. The van der Waals surface area contributed by atoms with Crippen molar-refractivity contribution in [2.45, 2.75) is 11.8 Å². The summed E-state index contributed by atoms with van der Waals surface area (Å²) in [6.07, 6.45) is 1.45. The van der Waals surface area contributed by atoms with Gasteiger partial charge in [-0.2, -0.15) is 0 Å². The van der Waals surface area contributed by atoms with Crippen LogP contribution in [0.1, 0.15) is 26.4 Å². The zero-order valence-electron chi connectivity index (χ0n) is 15.4. The van der Waals surface area contributed by atoms with Crippen LogP contribution >= 0.6 is 0 Å². The molecular weight excluding hydrogens is 392 g/mol. The van der Waals surface area contributed by atoms with Gasteiger partial charge in [-0.25, -0.2) is 8.42 Å². The Morgan fingerprint density at radius 3 is 2.34 bits per heavy atom. The van der Waals surface area contributed by atoms with Crippen LogP contribution in [0.25, 0.3) is 0 Å². The number of rotatable bonds is 5. The van der Waals surface area contributed by atoms with Gasteiger partial charge in [0.25, 0.3) is 21.8 Å². The number of hydrogen-bond donors (Lipinski definition) is 3. The molecule has 9 heteroatoms. The molecule has 0 bridgehead atoms. The van der Waals surface area contributed by atoms with Crippen LogP contribution < -0.4 is 15.6 Å². The van der Waals surface area contributed by atoms with E-state index in [0.29, 0.717) is 5.69 Å². The Balaban J connectivity index is 1.71. The van der Waals surface area contributed by atoms with Crippen LogP contribution in [0.2, 0.25) is 0 Å². The lowest BCUT2D eigenvalue weighted by atomic mass is 10.2. The second-order valence-corrected chi connectivity index (χ2v) is 7.81. The van der Waals surface area contributed by atoms with Gasteiger partial charge in [0, 0.05) is 17.4 Å². The summed E-state index contributed by atoms with van der Waals surface area (Å²) >= 11 is 0. The van der Waals surface area contributed by atoms with Crippen molar-refractivity contribution in [3.05, 3.63) is 89.7 Å². The van der Waals surface area contributed by atoms with E-state index in [2.05, 4.69) is 20.6 Å². The molecule has 3 rings (SSSR count). The van der Waals surface area contributed by atoms with Crippen molar-refractivity contribution in [3.8, 4) is 0 Å². The number of aryl methyl sites for hydroxylation is 1. The zero-order chi connectivity index (χ0) is 20.9. The Hall–Kier alpha value is -3.72. The number of nitrogens with one attached hydrogen (secondary N) is 3. The summed E-state index contributed by atoms with van der Waals surface area (Å²) < 4.78 is 27.7. The molecule has 0 spiro atoms. The third-order valence-corrected chi connectivity index (χ3v) is 5.24.